The molecule has 2 atom stereocenters. The maximum atomic E-state index is 12.8. The Morgan fingerprint density at radius 3 is 2.24 bits per heavy atom. The number of ether oxygens (including phenoxy) is 4. The van der Waals surface area contributed by atoms with Gasteiger partial charge in [-0.05, 0) is 73.7 Å². The summed E-state index contributed by atoms with van der Waals surface area (Å²) in [7, 11) is 0.120. The van der Waals surface area contributed by atoms with E-state index in [4.69, 9.17) is 30.4 Å². The molecule has 0 bridgehead atoms. The highest BCUT2D eigenvalue weighted by Crippen LogP contribution is 2.45. The number of methoxy groups -OCH3 is 1. The van der Waals surface area contributed by atoms with E-state index in [0.717, 1.165) is 24.8 Å². The molecule has 1 aliphatic rings. The van der Waals surface area contributed by atoms with E-state index in [9.17, 15) is 22.8 Å². The average molecular weight is 758 g/mol. The Balaban J connectivity index is 1.18. The molecule has 1 saturated carbocycles. The summed E-state index contributed by atoms with van der Waals surface area (Å²) < 4.78 is 49.2. The van der Waals surface area contributed by atoms with Crippen LogP contribution in [-0.2, 0) is 34.6 Å². The van der Waals surface area contributed by atoms with Crippen LogP contribution in [0.5, 0.6) is 5.75 Å². The zero-order chi connectivity index (χ0) is 36.9. The van der Waals surface area contributed by atoms with Crippen molar-refractivity contribution in [1.29, 1.82) is 0 Å². The van der Waals surface area contributed by atoms with Gasteiger partial charge >= 0.3 is 12.2 Å². The molecule has 51 heavy (non-hydrogen) atoms. The average Bonchev–Trinajstić information content (AvgIpc) is 3.13. The third-order valence-corrected chi connectivity index (χ3v) is 12.0. The van der Waals surface area contributed by atoms with Crippen molar-refractivity contribution in [2.45, 2.75) is 43.1 Å². The predicted octanol–water partition coefficient (Wildman–Crippen LogP) is 6.11. The smallest absolute Gasteiger partial charge is 0.497 e. The molecule has 274 valence electrons. The van der Waals surface area contributed by atoms with Crippen molar-refractivity contribution in [3.05, 3.63) is 95.6 Å². The zero-order valence-corrected chi connectivity index (χ0v) is 31.0. The molecular weight excluding hydrogens is 715 g/mol. The van der Waals surface area contributed by atoms with Gasteiger partial charge < -0.3 is 30.4 Å². The van der Waals surface area contributed by atoms with E-state index in [2.05, 4.69) is 0 Å². The Labute approximate surface area is 306 Å². The molecule has 0 saturated heterocycles. The minimum atomic E-state index is -4.23. The van der Waals surface area contributed by atoms with Gasteiger partial charge in [0.25, 0.3) is 10.0 Å². The van der Waals surface area contributed by atoms with Gasteiger partial charge in [0.2, 0.25) is 0 Å². The molecule has 1 aliphatic carbocycles. The van der Waals surface area contributed by atoms with Crippen LogP contribution in [0.4, 0.5) is 9.59 Å². The molecule has 5 N–H and O–H groups in total. The molecule has 0 radical (unpaired) electrons. The number of amides is 1. The van der Waals surface area contributed by atoms with E-state index >= 15 is 0 Å². The molecule has 1 amide bonds. The largest absolute Gasteiger partial charge is 0.509 e. The van der Waals surface area contributed by atoms with Crippen LogP contribution in [0.3, 0.4) is 0 Å². The fourth-order valence-electron chi connectivity index (χ4n) is 5.92. The molecule has 0 heterocycles. The molecule has 0 aromatic heterocycles. The number of ketones is 1. The standard InChI is InChI=1S/C36H43N3O9S3/c1-25(40)32(26-9-4-3-5-10-26)33(38)27-14-16-31(17-15-27)51(43,44)39-34(41)46-19-21-49-50-22-20-47-35(42)48-36(18-7-6-11-29(36)24-37)28-12-8-13-30(23-28)45-2/h3-5,8-10,12-17,23,29H,6-7,11,18-22,24,37-38H2,1-2H3,(H,39,41)/t29-,36+/m1/s1. The molecule has 3 aromatic carbocycles. The fourth-order valence-corrected chi connectivity index (χ4v) is 8.46. The summed E-state index contributed by atoms with van der Waals surface area (Å²) in [6.45, 7) is 1.81. The highest BCUT2D eigenvalue weighted by molar-refractivity contribution is 8.76. The van der Waals surface area contributed by atoms with Gasteiger partial charge in [0, 0.05) is 23.0 Å². The molecular formula is C36H43N3O9S3. The van der Waals surface area contributed by atoms with Gasteiger partial charge in [-0.1, -0.05) is 82.6 Å². The van der Waals surface area contributed by atoms with Gasteiger partial charge in [0.05, 0.1) is 17.7 Å². The van der Waals surface area contributed by atoms with Crippen molar-refractivity contribution in [3.8, 4) is 5.75 Å². The van der Waals surface area contributed by atoms with Gasteiger partial charge in [-0.25, -0.2) is 22.7 Å². The van der Waals surface area contributed by atoms with Gasteiger partial charge in [0.1, 0.15) is 24.6 Å². The van der Waals surface area contributed by atoms with E-state index in [0.29, 0.717) is 46.9 Å². The summed E-state index contributed by atoms with van der Waals surface area (Å²) in [5, 5.41) is 0. The van der Waals surface area contributed by atoms with Crippen molar-refractivity contribution in [2.75, 3.05) is 38.4 Å². The van der Waals surface area contributed by atoms with Crippen LogP contribution in [0, 0.1) is 5.92 Å². The van der Waals surface area contributed by atoms with Gasteiger partial charge in [-0.15, -0.1) is 0 Å². The predicted molar refractivity (Wildman–Crippen MR) is 199 cm³/mol. The first-order chi connectivity index (χ1) is 24.5. The number of allylic oxidation sites excluding steroid dienone is 1. The Bertz CT molecular complexity index is 1790. The third-order valence-electron chi connectivity index (χ3n) is 8.37. The zero-order valence-electron chi connectivity index (χ0n) is 28.5. The molecule has 0 unspecified atom stereocenters. The highest BCUT2D eigenvalue weighted by atomic mass is 33.1. The van der Waals surface area contributed by atoms with Crippen molar-refractivity contribution in [2.24, 2.45) is 17.4 Å². The first-order valence-corrected chi connectivity index (χ1v) is 20.3. The Morgan fingerprint density at radius 2 is 1.59 bits per heavy atom. The van der Waals surface area contributed by atoms with Crippen molar-refractivity contribution in [1.82, 2.24) is 4.72 Å². The molecule has 12 nitrogen and oxygen atoms in total. The lowest BCUT2D eigenvalue weighted by molar-refractivity contribution is -0.111. The number of rotatable bonds is 16. The quantitative estimate of drug-likeness (QED) is 0.0501. The summed E-state index contributed by atoms with van der Waals surface area (Å²) in [6, 6.07) is 21.9. The number of benzene rings is 3. The summed E-state index contributed by atoms with van der Waals surface area (Å²) in [4.78, 5) is 37.2. The SMILES string of the molecule is COc1cccc([C@@]2(OC(=O)OCCSSCCOC(=O)NS(=O)(=O)c3ccc(C(N)=C(C(C)=O)c4ccccc4)cc3)CCCC[C@@H]2CN)c1. The number of carbonyl (C=O) groups is 3. The van der Waals surface area contributed by atoms with E-state index < -0.39 is 27.9 Å². The van der Waals surface area contributed by atoms with Crippen molar-refractivity contribution in [3.63, 3.8) is 0 Å². The van der Waals surface area contributed by atoms with Crippen LogP contribution >= 0.6 is 21.6 Å². The topological polar surface area (TPSA) is 186 Å². The van der Waals surface area contributed by atoms with Crippen LogP contribution in [0.1, 0.15) is 49.3 Å². The lowest BCUT2D eigenvalue weighted by Gasteiger charge is -2.43. The van der Waals surface area contributed by atoms with Crippen LogP contribution in [0.25, 0.3) is 11.3 Å². The first kappa shape index (κ1) is 39.6. The van der Waals surface area contributed by atoms with Gasteiger partial charge in [0.15, 0.2) is 5.78 Å². The molecule has 3 aromatic rings. The summed E-state index contributed by atoms with van der Waals surface area (Å²) in [5.41, 5.74) is 13.9. The van der Waals surface area contributed by atoms with Crippen LogP contribution in [-0.4, -0.2) is 64.8 Å². The third kappa shape index (κ3) is 10.7. The molecule has 1 fully saturated rings. The fraction of sp³-hybridized carbons (Fsp3) is 0.361. The Kier molecular flexibility index (Phi) is 14.7. The summed E-state index contributed by atoms with van der Waals surface area (Å²) in [6.07, 6.45) is 1.46. The molecule has 15 heteroatoms. The molecule has 0 aliphatic heterocycles. The number of nitrogens with one attached hydrogen (secondary N) is 1. The maximum absolute atomic E-state index is 12.8. The van der Waals surface area contributed by atoms with E-state index in [1.807, 2.05) is 35.1 Å². The van der Waals surface area contributed by atoms with E-state index in [1.165, 1.54) is 52.8 Å². The maximum Gasteiger partial charge on any atom is 0.509 e. The minimum Gasteiger partial charge on any atom is -0.497 e. The lowest BCUT2D eigenvalue weighted by Crippen LogP contribution is -2.45. The lowest BCUT2D eigenvalue weighted by atomic mass is 9.71. The number of sulfonamides is 1. The normalized spacial score (nSPS) is 17.8. The Morgan fingerprint density at radius 1 is 0.902 bits per heavy atom. The molecule has 0 spiro atoms. The summed E-state index contributed by atoms with van der Waals surface area (Å²) >= 11 is 0. The van der Waals surface area contributed by atoms with E-state index in [1.54, 1.807) is 31.4 Å². The number of Topliss-reactive ketones (excluding diaryl/α,β-unsaturated/α-hetero) is 1. The second-order valence-electron chi connectivity index (χ2n) is 11.6. The monoisotopic (exact) mass is 757 g/mol. The van der Waals surface area contributed by atoms with E-state index in [-0.39, 0.29) is 35.5 Å². The number of hydrogen-bond acceptors (Lipinski definition) is 13. The molecule has 4 rings (SSSR count). The Hall–Kier alpha value is -4.18. The number of hydrogen-bond donors (Lipinski definition) is 3. The van der Waals surface area contributed by atoms with Gasteiger partial charge in [-0.2, -0.15) is 0 Å². The first-order valence-electron chi connectivity index (χ1n) is 16.3. The second kappa shape index (κ2) is 18.9. The van der Waals surface area contributed by atoms with Crippen molar-refractivity contribution >= 4 is 60.9 Å². The number of nitrogens with two attached hydrogens (primary N) is 2. The highest BCUT2D eigenvalue weighted by Gasteiger charge is 2.46. The van der Waals surface area contributed by atoms with Crippen molar-refractivity contribution < 1.29 is 41.7 Å². The van der Waals surface area contributed by atoms with Crippen LogP contribution in [0.15, 0.2) is 83.8 Å². The van der Waals surface area contributed by atoms with Crippen LogP contribution < -0.4 is 20.9 Å². The summed E-state index contributed by atoms with van der Waals surface area (Å²) in [5.74, 6) is 1.18. The van der Waals surface area contributed by atoms with Crippen LogP contribution in [0.2, 0.25) is 0 Å². The minimum absolute atomic E-state index is 0.0565. The second-order valence-corrected chi connectivity index (χ2v) is 16.0. The van der Waals surface area contributed by atoms with Gasteiger partial charge in [-0.3, -0.25) is 4.79 Å². The number of carbonyl (C=O) groups excluding carboxylic acids is 3.